The average molecular weight is 327 g/mol. The van der Waals surface area contributed by atoms with Gasteiger partial charge in [-0.25, -0.2) is 10.9 Å². The summed E-state index contributed by atoms with van der Waals surface area (Å²) in [6.45, 7) is 5.18. The van der Waals surface area contributed by atoms with Crippen LogP contribution in [-0.4, -0.2) is 48.8 Å². The number of carbonyl (C=O) groups is 1. The zero-order valence-corrected chi connectivity index (χ0v) is 13.6. The molecule has 2 saturated heterocycles. The topological polar surface area (TPSA) is 78.5 Å². The van der Waals surface area contributed by atoms with Crippen molar-refractivity contribution >= 4 is 16.8 Å². The van der Waals surface area contributed by atoms with Gasteiger partial charge < -0.3 is 9.64 Å². The molecule has 2 fully saturated rings. The average Bonchev–Trinajstić information content (AvgIpc) is 3.15. The smallest absolute Gasteiger partial charge is 0.254 e. The zero-order valence-electron chi connectivity index (χ0n) is 13.6. The van der Waals surface area contributed by atoms with Gasteiger partial charge in [0.2, 0.25) is 0 Å². The second kappa shape index (κ2) is 6.45. The molecule has 1 aromatic carbocycles. The van der Waals surface area contributed by atoms with E-state index in [1.54, 1.807) is 0 Å². The molecule has 4 rings (SSSR count). The highest BCUT2D eigenvalue weighted by Gasteiger charge is 2.22. The van der Waals surface area contributed by atoms with Crippen molar-refractivity contribution in [1.29, 1.82) is 0 Å². The Kier molecular flexibility index (Phi) is 4.15. The molecule has 1 unspecified atom stereocenters. The van der Waals surface area contributed by atoms with Crippen molar-refractivity contribution < 1.29 is 9.53 Å². The first-order chi connectivity index (χ1) is 11.7. The number of ether oxygens (including phenoxy) is 1. The number of carbonyl (C=O) groups excluding carboxylic acids is 1. The van der Waals surface area contributed by atoms with E-state index in [0.29, 0.717) is 38.5 Å². The van der Waals surface area contributed by atoms with E-state index in [0.717, 1.165) is 22.2 Å². The Hall–Kier alpha value is -2.06. The van der Waals surface area contributed by atoms with E-state index in [1.165, 1.54) is 0 Å². The Balaban J connectivity index is 1.74. The van der Waals surface area contributed by atoms with Gasteiger partial charge in [0.1, 0.15) is 0 Å². The lowest BCUT2D eigenvalue weighted by molar-refractivity contribution is 0.0303. The lowest BCUT2D eigenvalue weighted by atomic mass is 10.0. The molecule has 1 atom stereocenters. The van der Waals surface area contributed by atoms with Crippen LogP contribution in [0.15, 0.2) is 24.3 Å². The summed E-state index contributed by atoms with van der Waals surface area (Å²) >= 11 is 0. The van der Waals surface area contributed by atoms with Crippen LogP contribution in [0.2, 0.25) is 0 Å². The molecule has 3 N–H and O–H groups in total. The van der Waals surface area contributed by atoms with E-state index < -0.39 is 0 Å². The van der Waals surface area contributed by atoms with Crippen molar-refractivity contribution in [2.45, 2.75) is 13.1 Å². The molecule has 126 valence electrons. The number of pyridine rings is 1. The monoisotopic (exact) mass is 327 g/mol. The number of hydrogen-bond acceptors (Lipinski definition) is 6. The van der Waals surface area contributed by atoms with E-state index >= 15 is 0 Å². The quantitative estimate of drug-likeness (QED) is 0.752. The van der Waals surface area contributed by atoms with E-state index in [1.807, 2.05) is 30.0 Å². The largest absolute Gasteiger partial charge is 0.378 e. The van der Waals surface area contributed by atoms with Crippen molar-refractivity contribution in [3.8, 4) is 0 Å². The fourth-order valence-electron chi connectivity index (χ4n) is 3.26. The van der Waals surface area contributed by atoms with Crippen LogP contribution in [-0.2, 0) is 4.74 Å². The predicted octanol–water partition coefficient (Wildman–Crippen LogP) is 0.669. The maximum Gasteiger partial charge on any atom is 0.254 e. The minimum atomic E-state index is 0.00272. The van der Waals surface area contributed by atoms with Crippen molar-refractivity contribution in [3.05, 3.63) is 41.1 Å². The number of aromatic nitrogens is 1. The highest BCUT2D eigenvalue weighted by molar-refractivity contribution is 5.98. The summed E-state index contributed by atoms with van der Waals surface area (Å²) in [5, 5.41) is 4.34. The molecular weight excluding hydrogens is 306 g/mol. The third kappa shape index (κ3) is 2.87. The number of amides is 1. The number of nitrogens with one attached hydrogen (secondary N) is 3. The van der Waals surface area contributed by atoms with Gasteiger partial charge in [-0.3, -0.25) is 15.1 Å². The molecule has 7 nitrogen and oxygen atoms in total. The molecule has 0 bridgehead atoms. The van der Waals surface area contributed by atoms with E-state index in [4.69, 9.17) is 4.74 Å². The summed E-state index contributed by atoms with van der Waals surface area (Å²) in [7, 11) is 0. The van der Waals surface area contributed by atoms with Crippen LogP contribution in [0.5, 0.6) is 0 Å². The summed E-state index contributed by atoms with van der Waals surface area (Å²) in [5.74, 6) is 0.0530. The molecule has 24 heavy (non-hydrogen) atoms. The highest BCUT2D eigenvalue weighted by Crippen LogP contribution is 2.25. The Morgan fingerprint density at radius 3 is 2.88 bits per heavy atom. The van der Waals surface area contributed by atoms with Crippen LogP contribution in [0.1, 0.15) is 27.8 Å². The molecule has 0 radical (unpaired) electrons. The van der Waals surface area contributed by atoms with Gasteiger partial charge >= 0.3 is 0 Å². The van der Waals surface area contributed by atoms with Crippen molar-refractivity contribution in [2.75, 3.05) is 33.0 Å². The normalized spacial score (nSPS) is 21.4. The molecule has 1 amide bonds. The van der Waals surface area contributed by atoms with Gasteiger partial charge in [0, 0.05) is 29.7 Å². The fourth-order valence-corrected chi connectivity index (χ4v) is 3.26. The first kappa shape index (κ1) is 15.5. The molecule has 7 heteroatoms. The molecule has 0 saturated carbocycles. The third-order valence-corrected chi connectivity index (χ3v) is 4.47. The number of morpholine rings is 1. The molecule has 0 spiro atoms. The Morgan fingerprint density at radius 2 is 2.12 bits per heavy atom. The van der Waals surface area contributed by atoms with Gasteiger partial charge in [0.05, 0.1) is 31.6 Å². The van der Waals surface area contributed by atoms with Crippen LogP contribution >= 0.6 is 0 Å². The number of benzene rings is 1. The van der Waals surface area contributed by atoms with Crippen LogP contribution in [0.3, 0.4) is 0 Å². The summed E-state index contributed by atoms with van der Waals surface area (Å²) < 4.78 is 5.33. The number of rotatable bonds is 2. The fraction of sp³-hybridized carbons (Fsp3) is 0.412. The van der Waals surface area contributed by atoms with Gasteiger partial charge in [-0.1, -0.05) is 0 Å². The molecule has 1 aromatic heterocycles. The number of aryl methyl sites for hydroxylation is 1. The lowest BCUT2D eigenvalue weighted by Gasteiger charge is -2.27. The molecule has 3 heterocycles. The molecule has 2 aliphatic rings. The SMILES string of the molecule is Cc1cc(C2NCNN2)c2cc(C(=O)N3CCOCC3)ccc2n1. The van der Waals surface area contributed by atoms with Crippen LogP contribution in [0, 0.1) is 6.92 Å². The van der Waals surface area contributed by atoms with Crippen molar-refractivity contribution in [3.63, 3.8) is 0 Å². The number of hydrogen-bond donors (Lipinski definition) is 3. The van der Waals surface area contributed by atoms with Gasteiger partial charge in [0.15, 0.2) is 0 Å². The third-order valence-electron chi connectivity index (χ3n) is 4.47. The van der Waals surface area contributed by atoms with E-state index in [2.05, 4.69) is 27.2 Å². The number of nitrogens with zero attached hydrogens (tertiary/aromatic N) is 2. The van der Waals surface area contributed by atoms with Crippen LogP contribution < -0.4 is 16.2 Å². The minimum absolute atomic E-state index is 0.00272. The standard InChI is InChI=1S/C17H21N5O2/c1-11-8-14(16-18-10-19-21-16)13-9-12(2-3-15(13)20-11)17(23)22-4-6-24-7-5-22/h2-3,8-9,16,18-19,21H,4-7,10H2,1H3. The number of hydrazine groups is 1. The van der Waals surface area contributed by atoms with Gasteiger partial charge in [-0.2, -0.15) is 0 Å². The molecule has 0 aliphatic carbocycles. The van der Waals surface area contributed by atoms with E-state index in [9.17, 15) is 4.79 Å². The maximum atomic E-state index is 12.7. The van der Waals surface area contributed by atoms with Crippen LogP contribution in [0.25, 0.3) is 10.9 Å². The van der Waals surface area contributed by atoms with Crippen molar-refractivity contribution in [1.82, 2.24) is 26.1 Å². The van der Waals surface area contributed by atoms with E-state index in [-0.39, 0.29) is 12.1 Å². The second-order valence-corrected chi connectivity index (χ2v) is 6.12. The van der Waals surface area contributed by atoms with Crippen molar-refractivity contribution in [2.24, 2.45) is 0 Å². The van der Waals surface area contributed by atoms with Gasteiger partial charge in [-0.15, -0.1) is 0 Å². The summed E-state index contributed by atoms with van der Waals surface area (Å²) in [4.78, 5) is 19.2. The molecule has 2 aliphatic heterocycles. The van der Waals surface area contributed by atoms with Gasteiger partial charge in [0.25, 0.3) is 5.91 Å². The van der Waals surface area contributed by atoms with Gasteiger partial charge in [-0.05, 0) is 36.8 Å². The Bertz CT molecular complexity index is 767. The Morgan fingerprint density at radius 1 is 1.29 bits per heavy atom. The molecular formula is C17H21N5O2. The first-order valence-corrected chi connectivity index (χ1v) is 8.22. The number of fused-ring (bicyclic) bond motifs is 1. The first-order valence-electron chi connectivity index (χ1n) is 8.22. The Labute approximate surface area is 140 Å². The van der Waals surface area contributed by atoms with Crippen LogP contribution in [0.4, 0.5) is 0 Å². The maximum absolute atomic E-state index is 12.7. The summed E-state index contributed by atoms with van der Waals surface area (Å²) in [5.41, 5.74) is 9.93. The highest BCUT2D eigenvalue weighted by atomic mass is 16.5. The predicted molar refractivity (Wildman–Crippen MR) is 90.2 cm³/mol. The molecule has 2 aromatic rings. The lowest BCUT2D eigenvalue weighted by Crippen LogP contribution is -2.40. The minimum Gasteiger partial charge on any atom is -0.378 e. The summed E-state index contributed by atoms with van der Waals surface area (Å²) in [6.07, 6.45) is 0.00272. The summed E-state index contributed by atoms with van der Waals surface area (Å²) in [6, 6.07) is 7.81. The zero-order chi connectivity index (χ0) is 16.5. The second-order valence-electron chi connectivity index (χ2n) is 6.12.